The van der Waals surface area contributed by atoms with Gasteiger partial charge < -0.3 is 13.8 Å². The molecule has 0 bridgehead atoms. The average Bonchev–Trinajstić information content (AvgIpc) is 3.15. The fraction of sp³-hybridized carbons (Fsp3) is 0.312. The molecule has 0 unspecified atom stereocenters. The normalized spacial score (nSPS) is 12.2. The molecule has 0 aliphatic heterocycles. The maximum atomic E-state index is 12.3. The summed E-state index contributed by atoms with van der Waals surface area (Å²) in [5.41, 5.74) is 1.69. The van der Waals surface area contributed by atoms with E-state index in [4.69, 9.17) is 9.26 Å². The van der Waals surface area contributed by atoms with Gasteiger partial charge in [0.1, 0.15) is 0 Å². The van der Waals surface area contributed by atoms with Gasteiger partial charge in [0.15, 0.2) is 4.80 Å². The van der Waals surface area contributed by atoms with Gasteiger partial charge >= 0.3 is 5.91 Å². The molecule has 126 valence electrons. The molecule has 3 aromatic rings. The van der Waals surface area contributed by atoms with E-state index in [1.807, 2.05) is 10.8 Å². The Bertz CT molecular complexity index is 940. The van der Waals surface area contributed by atoms with Crippen LogP contribution in [0.25, 0.3) is 10.2 Å². The first-order chi connectivity index (χ1) is 11.6. The standard InChI is InChI=1S/C16H17N3O3S2/c1-10-8-13(22-18-10)15(20)17-16-19(6-7-21-2)12-5-4-11(23-3)9-14(12)24-16/h4-5,8-9H,6-7H2,1-3H3. The lowest BCUT2D eigenvalue weighted by molar-refractivity contribution is 0.0962. The Morgan fingerprint density at radius 2 is 2.29 bits per heavy atom. The first-order valence-electron chi connectivity index (χ1n) is 7.31. The van der Waals surface area contributed by atoms with Crippen LogP contribution in [0.4, 0.5) is 0 Å². The zero-order valence-corrected chi connectivity index (χ0v) is 15.2. The molecule has 6 nitrogen and oxygen atoms in total. The highest BCUT2D eigenvalue weighted by molar-refractivity contribution is 7.98. The van der Waals surface area contributed by atoms with Crippen LogP contribution in [0.2, 0.25) is 0 Å². The second-order valence-corrected chi connectivity index (χ2v) is 7.00. The van der Waals surface area contributed by atoms with Gasteiger partial charge in [0.05, 0.1) is 22.5 Å². The van der Waals surface area contributed by atoms with E-state index in [9.17, 15) is 4.79 Å². The van der Waals surface area contributed by atoms with Gasteiger partial charge in [-0.3, -0.25) is 4.79 Å². The minimum atomic E-state index is -0.432. The Hall–Kier alpha value is -1.90. The quantitative estimate of drug-likeness (QED) is 0.652. The molecule has 0 atom stereocenters. The van der Waals surface area contributed by atoms with E-state index in [0.717, 1.165) is 10.2 Å². The van der Waals surface area contributed by atoms with Crippen molar-refractivity contribution in [3.63, 3.8) is 0 Å². The molecule has 0 radical (unpaired) electrons. The van der Waals surface area contributed by atoms with Crippen molar-refractivity contribution in [2.75, 3.05) is 20.0 Å². The van der Waals surface area contributed by atoms with Gasteiger partial charge in [-0.05, 0) is 31.4 Å². The van der Waals surface area contributed by atoms with Crippen molar-refractivity contribution in [2.24, 2.45) is 4.99 Å². The Morgan fingerprint density at radius 3 is 2.96 bits per heavy atom. The number of benzene rings is 1. The second-order valence-electron chi connectivity index (χ2n) is 5.11. The number of hydrogen-bond acceptors (Lipinski definition) is 6. The molecule has 3 rings (SSSR count). The molecule has 8 heteroatoms. The number of aryl methyl sites for hydroxylation is 1. The zero-order valence-electron chi connectivity index (χ0n) is 13.6. The van der Waals surface area contributed by atoms with Gasteiger partial charge in [0.25, 0.3) is 0 Å². The van der Waals surface area contributed by atoms with Gasteiger partial charge in [0, 0.05) is 24.6 Å². The summed E-state index contributed by atoms with van der Waals surface area (Å²) >= 11 is 3.16. The van der Waals surface area contributed by atoms with E-state index < -0.39 is 5.91 Å². The second kappa shape index (κ2) is 7.33. The molecule has 0 fully saturated rings. The predicted molar refractivity (Wildman–Crippen MR) is 94.6 cm³/mol. The molecular weight excluding hydrogens is 346 g/mol. The number of fused-ring (bicyclic) bond motifs is 1. The monoisotopic (exact) mass is 363 g/mol. The number of thioether (sulfide) groups is 1. The molecular formula is C16H17N3O3S2. The topological polar surface area (TPSA) is 69.6 Å². The highest BCUT2D eigenvalue weighted by atomic mass is 32.2. The van der Waals surface area contributed by atoms with Gasteiger partial charge in [-0.15, -0.1) is 11.8 Å². The SMILES string of the molecule is COCCn1c(=NC(=O)c2cc(C)no2)sc2cc(SC)ccc21. The molecule has 0 aliphatic rings. The third-order valence-corrected chi connectivity index (χ3v) is 5.21. The van der Waals surface area contributed by atoms with Crippen LogP contribution in [-0.4, -0.2) is 35.6 Å². The largest absolute Gasteiger partial charge is 0.383 e. The first-order valence-corrected chi connectivity index (χ1v) is 9.35. The number of aromatic nitrogens is 2. The van der Waals surface area contributed by atoms with Crippen LogP contribution in [0.15, 0.2) is 38.7 Å². The molecule has 2 aromatic heterocycles. The Kier molecular flexibility index (Phi) is 5.17. The summed E-state index contributed by atoms with van der Waals surface area (Å²) in [6, 6.07) is 7.81. The molecule has 24 heavy (non-hydrogen) atoms. The van der Waals surface area contributed by atoms with Crippen molar-refractivity contribution in [2.45, 2.75) is 18.4 Å². The Labute approximate surface area is 147 Å². The first kappa shape index (κ1) is 16.9. The lowest BCUT2D eigenvalue weighted by atomic mass is 10.3. The van der Waals surface area contributed by atoms with Crippen LogP contribution in [0.3, 0.4) is 0 Å². The maximum Gasteiger partial charge on any atom is 0.318 e. The summed E-state index contributed by atoms with van der Waals surface area (Å²) in [7, 11) is 1.65. The Balaban J connectivity index is 2.10. The molecule has 0 N–H and O–H groups in total. The molecule has 0 spiro atoms. The minimum Gasteiger partial charge on any atom is -0.383 e. The number of carbonyl (C=O) groups is 1. The smallest absolute Gasteiger partial charge is 0.318 e. The van der Waals surface area contributed by atoms with E-state index in [1.54, 1.807) is 31.9 Å². The number of nitrogens with zero attached hydrogens (tertiary/aromatic N) is 3. The molecule has 1 aromatic carbocycles. The molecule has 0 saturated carbocycles. The summed E-state index contributed by atoms with van der Waals surface area (Å²) in [5, 5.41) is 3.73. The van der Waals surface area contributed by atoms with Crippen LogP contribution in [0.1, 0.15) is 16.2 Å². The number of methoxy groups -OCH3 is 1. The van der Waals surface area contributed by atoms with Crippen LogP contribution < -0.4 is 4.80 Å². The highest BCUT2D eigenvalue weighted by Crippen LogP contribution is 2.24. The van der Waals surface area contributed by atoms with Gasteiger partial charge in [-0.25, -0.2) is 0 Å². The third kappa shape index (κ3) is 3.45. The highest BCUT2D eigenvalue weighted by Gasteiger charge is 2.13. The number of rotatable bonds is 5. The van der Waals surface area contributed by atoms with E-state index in [1.165, 1.54) is 16.2 Å². The van der Waals surface area contributed by atoms with Crippen LogP contribution in [-0.2, 0) is 11.3 Å². The van der Waals surface area contributed by atoms with Crippen LogP contribution >= 0.6 is 23.1 Å². The van der Waals surface area contributed by atoms with E-state index in [2.05, 4.69) is 28.3 Å². The Morgan fingerprint density at radius 1 is 1.46 bits per heavy atom. The number of ether oxygens (including phenoxy) is 1. The van der Waals surface area contributed by atoms with E-state index in [0.29, 0.717) is 23.6 Å². The van der Waals surface area contributed by atoms with Crippen molar-refractivity contribution in [1.29, 1.82) is 0 Å². The zero-order chi connectivity index (χ0) is 17.1. The molecule has 1 amide bonds. The van der Waals surface area contributed by atoms with Crippen LogP contribution in [0, 0.1) is 6.92 Å². The number of carbonyl (C=O) groups excluding carboxylic acids is 1. The van der Waals surface area contributed by atoms with Crippen molar-refractivity contribution in [3.8, 4) is 0 Å². The van der Waals surface area contributed by atoms with Crippen molar-refractivity contribution in [1.82, 2.24) is 9.72 Å². The number of thiazole rings is 1. The lowest BCUT2D eigenvalue weighted by Gasteiger charge is -2.04. The fourth-order valence-electron chi connectivity index (χ4n) is 2.27. The van der Waals surface area contributed by atoms with Gasteiger partial charge in [-0.1, -0.05) is 16.5 Å². The summed E-state index contributed by atoms with van der Waals surface area (Å²) in [4.78, 5) is 18.3. The van der Waals surface area contributed by atoms with Crippen molar-refractivity contribution in [3.05, 3.63) is 40.5 Å². The van der Waals surface area contributed by atoms with Crippen molar-refractivity contribution >= 4 is 39.2 Å². The van der Waals surface area contributed by atoms with E-state index in [-0.39, 0.29) is 5.76 Å². The summed E-state index contributed by atoms with van der Waals surface area (Å²) in [6.45, 7) is 2.93. The molecule has 0 aliphatic carbocycles. The van der Waals surface area contributed by atoms with Gasteiger partial charge in [-0.2, -0.15) is 4.99 Å². The maximum absolute atomic E-state index is 12.3. The van der Waals surface area contributed by atoms with E-state index >= 15 is 0 Å². The molecule has 2 heterocycles. The number of hydrogen-bond donors (Lipinski definition) is 0. The third-order valence-electron chi connectivity index (χ3n) is 3.44. The van der Waals surface area contributed by atoms with Crippen molar-refractivity contribution < 1.29 is 14.1 Å². The summed E-state index contributed by atoms with van der Waals surface area (Å²) < 4.78 is 13.3. The summed E-state index contributed by atoms with van der Waals surface area (Å²) in [5.74, 6) is -0.286. The lowest BCUT2D eigenvalue weighted by Crippen LogP contribution is -2.19. The number of amides is 1. The average molecular weight is 363 g/mol. The summed E-state index contributed by atoms with van der Waals surface area (Å²) in [6.07, 6.45) is 2.04. The van der Waals surface area contributed by atoms with Gasteiger partial charge in [0.2, 0.25) is 5.76 Å². The predicted octanol–water partition coefficient (Wildman–Crippen LogP) is 3.11. The molecule has 0 saturated heterocycles. The van der Waals surface area contributed by atoms with Crippen LogP contribution in [0.5, 0.6) is 0 Å². The minimum absolute atomic E-state index is 0.146. The fourth-order valence-corrected chi connectivity index (χ4v) is 3.88.